The Morgan fingerprint density at radius 1 is 1.33 bits per heavy atom. The minimum absolute atomic E-state index is 0.125. The third-order valence-corrected chi connectivity index (χ3v) is 6.57. The van der Waals surface area contributed by atoms with Crippen molar-refractivity contribution in [2.24, 2.45) is 0 Å². The van der Waals surface area contributed by atoms with Crippen molar-refractivity contribution >= 4 is 28.6 Å². The van der Waals surface area contributed by atoms with E-state index in [1.165, 1.54) is 9.88 Å². The second-order valence-electron chi connectivity index (χ2n) is 6.06. The van der Waals surface area contributed by atoms with Gasteiger partial charge in [-0.3, -0.25) is 4.79 Å². The van der Waals surface area contributed by atoms with Crippen molar-refractivity contribution in [2.75, 3.05) is 13.1 Å². The smallest absolute Gasteiger partial charge is 0.264 e. The van der Waals surface area contributed by atoms with Gasteiger partial charge in [-0.2, -0.15) is 0 Å². The van der Waals surface area contributed by atoms with E-state index in [2.05, 4.69) is 18.8 Å². The number of likely N-dealkylation sites (tertiary alicyclic amines) is 1. The molecule has 0 unspecified atom stereocenters. The molecular formula is C16H20N2OS2. The molecule has 0 bridgehead atoms. The second-order valence-corrected chi connectivity index (χ2v) is 8.21. The molecule has 0 aromatic carbocycles. The molecular weight excluding hydrogens is 300 g/mol. The van der Waals surface area contributed by atoms with E-state index in [4.69, 9.17) is 0 Å². The molecule has 3 nitrogen and oxygen atoms in total. The summed E-state index contributed by atoms with van der Waals surface area (Å²) >= 11 is 3.34. The van der Waals surface area contributed by atoms with Crippen LogP contribution in [-0.2, 0) is 5.41 Å². The molecule has 1 saturated heterocycles. The number of aromatic nitrogens is 1. The fraction of sp³-hybridized carbons (Fsp3) is 0.500. The number of carbonyl (C=O) groups excluding carboxylic acids is 1. The summed E-state index contributed by atoms with van der Waals surface area (Å²) in [5.74, 6) is 0.194. The minimum Gasteiger partial charge on any atom is -0.338 e. The third kappa shape index (κ3) is 2.77. The first-order chi connectivity index (χ1) is 9.99. The predicted molar refractivity (Wildman–Crippen MR) is 88.4 cm³/mol. The van der Waals surface area contributed by atoms with Gasteiger partial charge in [0.2, 0.25) is 0 Å². The lowest BCUT2D eigenvalue weighted by Crippen LogP contribution is -2.43. The van der Waals surface area contributed by atoms with Crippen LogP contribution in [0, 0.1) is 13.8 Å². The highest BCUT2D eigenvalue weighted by atomic mass is 32.1. The zero-order valence-electron chi connectivity index (χ0n) is 12.7. The van der Waals surface area contributed by atoms with Gasteiger partial charge in [-0.1, -0.05) is 6.92 Å². The van der Waals surface area contributed by atoms with Gasteiger partial charge in [0.1, 0.15) is 0 Å². The van der Waals surface area contributed by atoms with Crippen LogP contribution in [0.25, 0.3) is 0 Å². The van der Waals surface area contributed by atoms with E-state index in [1.807, 2.05) is 29.5 Å². The molecule has 3 rings (SSSR count). The number of aryl methyl sites for hydroxylation is 2. The van der Waals surface area contributed by atoms with Gasteiger partial charge in [0.25, 0.3) is 5.91 Å². The van der Waals surface area contributed by atoms with Gasteiger partial charge in [-0.05, 0) is 43.7 Å². The molecule has 1 fully saturated rings. The van der Waals surface area contributed by atoms with E-state index in [0.29, 0.717) is 0 Å². The number of piperidine rings is 1. The van der Waals surface area contributed by atoms with Gasteiger partial charge in [-0.15, -0.1) is 22.7 Å². The number of carbonyl (C=O) groups is 1. The largest absolute Gasteiger partial charge is 0.338 e. The van der Waals surface area contributed by atoms with Gasteiger partial charge < -0.3 is 4.90 Å². The van der Waals surface area contributed by atoms with Crippen molar-refractivity contribution in [3.8, 4) is 0 Å². The number of hydrogen-bond acceptors (Lipinski definition) is 4. The van der Waals surface area contributed by atoms with Crippen LogP contribution in [0.2, 0.25) is 0 Å². The Labute approximate surface area is 133 Å². The predicted octanol–water partition coefficient (Wildman–Crippen LogP) is 4.02. The Hall–Kier alpha value is -1.20. The summed E-state index contributed by atoms with van der Waals surface area (Å²) in [5, 5.41) is 3.22. The van der Waals surface area contributed by atoms with Crippen molar-refractivity contribution in [1.82, 2.24) is 9.88 Å². The lowest BCUT2D eigenvalue weighted by atomic mass is 9.81. The number of hydrogen-bond donors (Lipinski definition) is 0. The van der Waals surface area contributed by atoms with Gasteiger partial charge in [-0.25, -0.2) is 4.98 Å². The van der Waals surface area contributed by atoms with Crippen LogP contribution in [0.5, 0.6) is 0 Å². The Kier molecular flexibility index (Phi) is 3.88. The lowest BCUT2D eigenvalue weighted by Gasteiger charge is -2.38. The van der Waals surface area contributed by atoms with Crippen LogP contribution in [0.3, 0.4) is 0 Å². The summed E-state index contributed by atoms with van der Waals surface area (Å²) in [6.07, 6.45) is 3.95. The van der Waals surface area contributed by atoms with E-state index in [1.54, 1.807) is 22.7 Å². The third-order valence-electron chi connectivity index (χ3n) is 4.35. The maximum atomic E-state index is 12.6. The van der Waals surface area contributed by atoms with Crippen LogP contribution in [-0.4, -0.2) is 28.9 Å². The van der Waals surface area contributed by atoms with Crippen molar-refractivity contribution in [3.63, 3.8) is 0 Å². The molecule has 1 aliphatic heterocycles. The Morgan fingerprint density at radius 2 is 2.05 bits per heavy atom. The molecule has 0 N–H and O–H groups in total. The highest BCUT2D eigenvalue weighted by molar-refractivity contribution is 7.12. The zero-order chi connectivity index (χ0) is 15.0. The van der Waals surface area contributed by atoms with Crippen molar-refractivity contribution in [1.29, 1.82) is 0 Å². The molecule has 0 radical (unpaired) electrons. The number of thiophene rings is 1. The maximum absolute atomic E-state index is 12.6. The van der Waals surface area contributed by atoms with E-state index in [-0.39, 0.29) is 11.3 Å². The number of nitrogens with zero attached hydrogens (tertiary/aromatic N) is 2. The molecule has 1 aliphatic rings. The first-order valence-corrected chi connectivity index (χ1v) is 8.95. The topological polar surface area (TPSA) is 33.2 Å². The van der Waals surface area contributed by atoms with Gasteiger partial charge >= 0.3 is 0 Å². The van der Waals surface area contributed by atoms with Crippen molar-refractivity contribution in [2.45, 2.75) is 39.0 Å². The first-order valence-electron chi connectivity index (χ1n) is 7.26. The lowest BCUT2D eigenvalue weighted by molar-refractivity contribution is 0.0680. The molecule has 5 heteroatoms. The fourth-order valence-corrected chi connectivity index (χ4v) is 4.64. The van der Waals surface area contributed by atoms with Crippen LogP contribution < -0.4 is 0 Å². The molecule has 3 heterocycles. The quantitative estimate of drug-likeness (QED) is 0.837. The summed E-state index contributed by atoms with van der Waals surface area (Å²) in [7, 11) is 0. The van der Waals surface area contributed by atoms with E-state index in [0.717, 1.165) is 36.4 Å². The van der Waals surface area contributed by atoms with E-state index in [9.17, 15) is 4.79 Å². The number of amides is 1. The summed E-state index contributed by atoms with van der Waals surface area (Å²) in [6, 6.07) is 2.02. The summed E-state index contributed by atoms with van der Waals surface area (Å²) in [4.78, 5) is 21.3. The highest BCUT2D eigenvalue weighted by Gasteiger charge is 2.36. The SMILES string of the molecule is Cc1cnc(C2(C)CCN(C(=O)c3sccc3C)CC2)s1. The van der Waals surface area contributed by atoms with E-state index < -0.39 is 0 Å². The first kappa shape index (κ1) is 14.7. The fourth-order valence-electron chi connectivity index (χ4n) is 2.79. The average molecular weight is 320 g/mol. The molecule has 21 heavy (non-hydrogen) atoms. The minimum atomic E-state index is 0.125. The van der Waals surface area contributed by atoms with Gasteiger partial charge in [0.15, 0.2) is 0 Å². The Balaban J connectivity index is 1.70. The van der Waals surface area contributed by atoms with Crippen molar-refractivity contribution in [3.05, 3.63) is 38.0 Å². The van der Waals surface area contributed by atoms with Crippen LogP contribution in [0.1, 0.15) is 44.9 Å². The Bertz CT molecular complexity index is 651. The Morgan fingerprint density at radius 3 is 2.57 bits per heavy atom. The van der Waals surface area contributed by atoms with Gasteiger partial charge in [0.05, 0.1) is 9.88 Å². The highest BCUT2D eigenvalue weighted by Crippen LogP contribution is 2.37. The molecule has 2 aromatic heterocycles. The van der Waals surface area contributed by atoms with Crippen molar-refractivity contribution < 1.29 is 4.79 Å². The maximum Gasteiger partial charge on any atom is 0.264 e. The second kappa shape index (κ2) is 5.54. The molecule has 0 spiro atoms. The average Bonchev–Trinajstić information content (AvgIpc) is 3.08. The van der Waals surface area contributed by atoms with Crippen LogP contribution >= 0.6 is 22.7 Å². The number of rotatable bonds is 2. The van der Waals surface area contributed by atoms with E-state index >= 15 is 0 Å². The summed E-state index contributed by atoms with van der Waals surface area (Å²) in [6.45, 7) is 8.04. The molecule has 0 saturated carbocycles. The monoisotopic (exact) mass is 320 g/mol. The van der Waals surface area contributed by atoms with Crippen LogP contribution in [0.15, 0.2) is 17.6 Å². The summed E-state index contributed by atoms with van der Waals surface area (Å²) < 4.78 is 0. The molecule has 0 aliphatic carbocycles. The standard InChI is InChI=1S/C16H20N2OS2/c1-11-4-9-20-13(11)14(19)18-7-5-16(3,6-8-18)15-17-10-12(2)21-15/h4,9-10H,5-8H2,1-3H3. The molecule has 112 valence electrons. The van der Waals surface area contributed by atoms with Gasteiger partial charge in [0, 0.05) is 29.6 Å². The van der Waals surface area contributed by atoms with Crippen LogP contribution in [0.4, 0.5) is 0 Å². The normalized spacial score (nSPS) is 18.0. The number of thiazole rings is 1. The summed E-state index contributed by atoms with van der Waals surface area (Å²) in [5.41, 5.74) is 1.22. The molecule has 2 aromatic rings. The molecule has 0 atom stereocenters. The molecule has 1 amide bonds. The zero-order valence-corrected chi connectivity index (χ0v) is 14.3.